The first-order valence-corrected chi connectivity index (χ1v) is 9.66. The van der Waals surface area contributed by atoms with Gasteiger partial charge < -0.3 is 24.8 Å². The Balaban J connectivity index is 1.73. The molecule has 1 aliphatic heterocycles. The molecule has 1 aliphatic rings. The second-order valence-electron chi connectivity index (χ2n) is 6.73. The minimum Gasteiger partial charge on any atom is -0.495 e. The van der Waals surface area contributed by atoms with Crippen LogP contribution in [0.15, 0.2) is 30.3 Å². The van der Waals surface area contributed by atoms with Crippen LogP contribution in [0.3, 0.4) is 0 Å². The highest BCUT2D eigenvalue weighted by molar-refractivity contribution is 6.32. The Bertz CT molecular complexity index is 872. The molecule has 6 nitrogen and oxygen atoms in total. The molecule has 0 saturated carbocycles. The van der Waals surface area contributed by atoms with Crippen molar-refractivity contribution in [2.24, 2.45) is 0 Å². The lowest BCUT2D eigenvalue weighted by Crippen LogP contribution is -2.32. The van der Waals surface area contributed by atoms with Gasteiger partial charge in [-0.1, -0.05) is 11.6 Å². The highest BCUT2D eigenvalue weighted by Crippen LogP contribution is 2.38. The van der Waals surface area contributed by atoms with E-state index in [1.807, 2.05) is 26.0 Å². The van der Waals surface area contributed by atoms with Gasteiger partial charge in [-0.05, 0) is 45.0 Å². The molecule has 0 radical (unpaired) electrons. The maximum atomic E-state index is 12.6. The third-order valence-electron chi connectivity index (χ3n) is 4.48. The summed E-state index contributed by atoms with van der Waals surface area (Å²) in [6.07, 6.45) is 0.990. The quantitative estimate of drug-likeness (QED) is 0.710. The molecule has 0 fully saturated rings. The predicted octanol–water partition coefficient (Wildman–Crippen LogP) is 4.51. The predicted molar refractivity (Wildman–Crippen MR) is 111 cm³/mol. The first-order chi connectivity index (χ1) is 13.4. The van der Waals surface area contributed by atoms with Gasteiger partial charge in [0.2, 0.25) is 5.91 Å². The fraction of sp³-hybridized carbons (Fsp3) is 0.381. The van der Waals surface area contributed by atoms with Crippen LogP contribution in [0.1, 0.15) is 26.3 Å². The van der Waals surface area contributed by atoms with Crippen molar-refractivity contribution in [2.45, 2.75) is 39.3 Å². The number of ether oxygens (including phenoxy) is 3. The van der Waals surface area contributed by atoms with Crippen LogP contribution in [0.5, 0.6) is 17.2 Å². The summed E-state index contributed by atoms with van der Waals surface area (Å²) in [6.45, 7) is 6.28. The van der Waals surface area contributed by atoms with Crippen molar-refractivity contribution in [3.05, 3.63) is 40.9 Å². The van der Waals surface area contributed by atoms with Crippen LogP contribution < -0.4 is 24.8 Å². The summed E-state index contributed by atoms with van der Waals surface area (Å²) in [5, 5.41) is 6.51. The number of hydrogen-bond acceptors (Lipinski definition) is 5. The highest BCUT2D eigenvalue weighted by atomic mass is 35.5. The van der Waals surface area contributed by atoms with Gasteiger partial charge in [0, 0.05) is 23.7 Å². The van der Waals surface area contributed by atoms with Crippen LogP contribution >= 0.6 is 11.6 Å². The van der Waals surface area contributed by atoms with Crippen LogP contribution in [0.2, 0.25) is 5.02 Å². The van der Waals surface area contributed by atoms with E-state index < -0.39 is 6.04 Å². The fourth-order valence-electron chi connectivity index (χ4n) is 3.12. The lowest BCUT2D eigenvalue weighted by Gasteiger charge is -2.19. The minimum absolute atomic E-state index is 0.139. The zero-order chi connectivity index (χ0) is 20.3. The summed E-state index contributed by atoms with van der Waals surface area (Å²) in [7, 11) is 1.54. The van der Waals surface area contributed by atoms with E-state index in [-0.39, 0.29) is 12.0 Å². The molecule has 3 rings (SSSR count). The molecule has 0 aromatic heterocycles. The van der Waals surface area contributed by atoms with Crippen LogP contribution in [0, 0.1) is 0 Å². The van der Waals surface area contributed by atoms with Crippen molar-refractivity contribution in [2.75, 3.05) is 24.4 Å². The summed E-state index contributed by atoms with van der Waals surface area (Å²) < 4.78 is 16.7. The average Bonchev–Trinajstić information content (AvgIpc) is 3.01. The Hall–Kier alpha value is -2.60. The molecule has 0 spiro atoms. The molecule has 2 aromatic carbocycles. The number of amides is 1. The molecule has 0 saturated heterocycles. The zero-order valence-electron chi connectivity index (χ0n) is 16.5. The van der Waals surface area contributed by atoms with Gasteiger partial charge in [0.1, 0.15) is 29.4 Å². The number of methoxy groups -OCH3 is 1. The molecule has 7 heteroatoms. The Morgan fingerprint density at radius 3 is 2.79 bits per heavy atom. The van der Waals surface area contributed by atoms with Gasteiger partial charge in [-0.2, -0.15) is 0 Å². The number of carbonyl (C=O) groups excluding carboxylic acids is 1. The summed E-state index contributed by atoms with van der Waals surface area (Å²) >= 11 is 6.12. The number of carbonyl (C=O) groups is 1. The normalized spacial score (nSPS) is 16.0. The Labute approximate surface area is 170 Å². The summed E-state index contributed by atoms with van der Waals surface area (Å²) in [6, 6.07) is 8.49. The lowest BCUT2D eigenvalue weighted by molar-refractivity contribution is -0.116. The molecular weight excluding hydrogens is 380 g/mol. The van der Waals surface area contributed by atoms with Crippen molar-refractivity contribution < 1.29 is 19.0 Å². The van der Waals surface area contributed by atoms with Gasteiger partial charge in [-0.15, -0.1) is 0 Å². The van der Waals surface area contributed by atoms with Crippen LogP contribution in [-0.2, 0) is 11.2 Å². The maximum absolute atomic E-state index is 12.6. The fourth-order valence-corrected chi connectivity index (χ4v) is 3.38. The number of fused-ring (bicyclic) bond motifs is 1. The zero-order valence-corrected chi connectivity index (χ0v) is 17.2. The largest absolute Gasteiger partial charge is 0.495 e. The number of anilines is 2. The van der Waals surface area contributed by atoms with Crippen LogP contribution in [0.25, 0.3) is 0 Å². The lowest BCUT2D eigenvalue weighted by atomic mass is 10.1. The topological polar surface area (TPSA) is 68.8 Å². The standard InChI is InChI=1S/C21H25ClN2O4/c1-5-27-20-9-14-8-12(2)28-19(14)11-17(20)23-13(3)21(25)24-15-6-7-18(26-4)16(22)10-15/h6-7,9-13,23H,5,8H2,1-4H3,(H,24,25). The number of benzene rings is 2. The van der Waals surface area contributed by atoms with Gasteiger partial charge in [0.15, 0.2) is 0 Å². The van der Waals surface area contributed by atoms with E-state index >= 15 is 0 Å². The molecule has 150 valence electrons. The van der Waals surface area contributed by atoms with Gasteiger partial charge in [0.05, 0.1) is 24.4 Å². The first kappa shape index (κ1) is 20.1. The summed E-state index contributed by atoms with van der Waals surface area (Å²) in [5.74, 6) is 1.90. The van der Waals surface area contributed by atoms with Gasteiger partial charge >= 0.3 is 0 Å². The number of hydrogen-bond donors (Lipinski definition) is 2. The number of rotatable bonds is 7. The third kappa shape index (κ3) is 4.44. The molecule has 0 aliphatic carbocycles. The summed E-state index contributed by atoms with van der Waals surface area (Å²) in [4.78, 5) is 12.6. The molecule has 2 aromatic rings. The van der Waals surface area contributed by atoms with Crippen molar-refractivity contribution in [3.8, 4) is 17.2 Å². The van der Waals surface area contributed by atoms with Crippen LogP contribution in [-0.4, -0.2) is 31.8 Å². The Kier molecular flexibility index (Phi) is 6.19. The van der Waals surface area contributed by atoms with Crippen molar-refractivity contribution in [1.82, 2.24) is 0 Å². The van der Waals surface area contributed by atoms with Crippen molar-refractivity contribution in [3.63, 3.8) is 0 Å². The molecule has 28 heavy (non-hydrogen) atoms. The maximum Gasteiger partial charge on any atom is 0.246 e. The molecule has 2 N–H and O–H groups in total. The Morgan fingerprint density at radius 2 is 2.11 bits per heavy atom. The van der Waals surface area contributed by atoms with E-state index in [9.17, 15) is 4.79 Å². The minimum atomic E-state index is -0.503. The molecule has 1 heterocycles. The van der Waals surface area contributed by atoms with E-state index in [0.717, 1.165) is 23.4 Å². The van der Waals surface area contributed by atoms with Gasteiger partial charge in [-0.3, -0.25) is 4.79 Å². The second kappa shape index (κ2) is 8.61. The average molecular weight is 405 g/mol. The number of nitrogens with one attached hydrogen (secondary N) is 2. The highest BCUT2D eigenvalue weighted by Gasteiger charge is 2.23. The third-order valence-corrected chi connectivity index (χ3v) is 4.78. The summed E-state index contributed by atoms with van der Waals surface area (Å²) in [5.41, 5.74) is 2.44. The smallest absolute Gasteiger partial charge is 0.246 e. The van der Waals surface area contributed by atoms with E-state index in [0.29, 0.717) is 28.8 Å². The van der Waals surface area contributed by atoms with Crippen molar-refractivity contribution in [1.29, 1.82) is 0 Å². The first-order valence-electron chi connectivity index (χ1n) is 9.28. The SMILES string of the molecule is CCOc1cc2c(cc1NC(C)C(=O)Nc1ccc(OC)c(Cl)c1)OC(C)C2. The Morgan fingerprint density at radius 1 is 1.32 bits per heavy atom. The molecule has 2 unspecified atom stereocenters. The monoisotopic (exact) mass is 404 g/mol. The van der Waals surface area contributed by atoms with Gasteiger partial charge in [0.25, 0.3) is 0 Å². The van der Waals surface area contributed by atoms with Crippen LogP contribution in [0.4, 0.5) is 11.4 Å². The molecule has 0 bridgehead atoms. The van der Waals surface area contributed by atoms with Gasteiger partial charge in [-0.25, -0.2) is 0 Å². The van der Waals surface area contributed by atoms with E-state index in [1.54, 1.807) is 32.2 Å². The number of halogens is 1. The van der Waals surface area contributed by atoms with E-state index in [1.165, 1.54) is 0 Å². The van der Waals surface area contributed by atoms with Crippen molar-refractivity contribution >= 4 is 28.9 Å². The van der Waals surface area contributed by atoms with E-state index in [4.69, 9.17) is 25.8 Å². The molecular formula is C21H25ClN2O4. The van der Waals surface area contributed by atoms with E-state index in [2.05, 4.69) is 10.6 Å². The second-order valence-corrected chi connectivity index (χ2v) is 7.13. The molecule has 2 atom stereocenters. The molecule has 1 amide bonds.